The third kappa shape index (κ3) is 3.92. The Morgan fingerprint density at radius 1 is 1.12 bits per heavy atom. The topological polar surface area (TPSA) is 17.1 Å². The summed E-state index contributed by atoms with van der Waals surface area (Å²) < 4.78 is 0. The van der Waals surface area contributed by atoms with E-state index < -0.39 is 0 Å². The molecule has 1 aliphatic carbocycles. The molecule has 0 amide bonds. The Labute approximate surface area is 101 Å². The number of ketones is 1. The fourth-order valence-corrected chi connectivity index (χ4v) is 3.12. The molecule has 1 saturated carbocycles. The SMILES string of the molecule is CCCC1CCC(C(=O)C(C)CCC)CC1. The number of Topliss-reactive ketones (excluding diaryl/α,β-unsaturated/α-hetero) is 1. The molecule has 0 spiro atoms. The maximum absolute atomic E-state index is 12.2. The minimum absolute atomic E-state index is 0.303. The zero-order valence-electron chi connectivity index (χ0n) is 11.3. The molecule has 94 valence electrons. The highest BCUT2D eigenvalue weighted by molar-refractivity contribution is 5.83. The number of rotatable bonds is 6. The summed E-state index contributed by atoms with van der Waals surface area (Å²) in [5.41, 5.74) is 0. The van der Waals surface area contributed by atoms with Crippen LogP contribution in [0.2, 0.25) is 0 Å². The van der Waals surface area contributed by atoms with Crippen molar-refractivity contribution in [2.24, 2.45) is 17.8 Å². The highest BCUT2D eigenvalue weighted by Crippen LogP contribution is 2.33. The molecule has 1 atom stereocenters. The van der Waals surface area contributed by atoms with Crippen molar-refractivity contribution in [3.05, 3.63) is 0 Å². The fraction of sp³-hybridized carbons (Fsp3) is 0.933. The lowest BCUT2D eigenvalue weighted by Gasteiger charge is -2.29. The van der Waals surface area contributed by atoms with Gasteiger partial charge < -0.3 is 0 Å². The van der Waals surface area contributed by atoms with E-state index in [1.807, 2.05) is 0 Å². The van der Waals surface area contributed by atoms with Crippen molar-refractivity contribution in [2.45, 2.75) is 72.1 Å². The normalized spacial score (nSPS) is 27.7. The summed E-state index contributed by atoms with van der Waals surface area (Å²) in [4.78, 5) is 12.2. The Morgan fingerprint density at radius 3 is 2.25 bits per heavy atom. The maximum atomic E-state index is 12.2. The minimum atomic E-state index is 0.303. The molecule has 0 N–H and O–H groups in total. The number of hydrogen-bond acceptors (Lipinski definition) is 1. The van der Waals surface area contributed by atoms with Crippen LogP contribution in [0.1, 0.15) is 72.1 Å². The van der Waals surface area contributed by atoms with E-state index in [4.69, 9.17) is 0 Å². The molecule has 1 fully saturated rings. The van der Waals surface area contributed by atoms with Crippen LogP contribution in [0.3, 0.4) is 0 Å². The molecule has 0 aromatic carbocycles. The maximum Gasteiger partial charge on any atom is 0.138 e. The van der Waals surface area contributed by atoms with Gasteiger partial charge in [0, 0.05) is 11.8 Å². The van der Waals surface area contributed by atoms with Gasteiger partial charge in [0.1, 0.15) is 5.78 Å². The van der Waals surface area contributed by atoms with Crippen molar-refractivity contribution in [3.63, 3.8) is 0 Å². The van der Waals surface area contributed by atoms with Crippen molar-refractivity contribution in [1.29, 1.82) is 0 Å². The molecule has 1 nitrogen and oxygen atoms in total. The number of carbonyl (C=O) groups is 1. The largest absolute Gasteiger partial charge is 0.299 e. The predicted molar refractivity (Wildman–Crippen MR) is 69.4 cm³/mol. The van der Waals surface area contributed by atoms with E-state index in [0.717, 1.165) is 31.6 Å². The Balaban J connectivity index is 2.32. The third-order valence-corrected chi connectivity index (χ3v) is 4.15. The average molecular weight is 224 g/mol. The van der Waals surface area contributed by atoms with Crippen LogP contribution in [0.4, 0.5) is 0 Å². The van der Waals surface area contributed by atoms with E-state index in [0.29, 0.717) is 17.6 Å². The van der Waals surface area contributed by atoms with Gasteiger partial charge in [0.15, 0.2) is 0 Å². The van der Waals surface area contributed by atoms with Crippen molar-refractivity contribution < 1.29 is 4.79 Å². The van der Waals surface area contributed by atoms with Crippen LogP contribution in [0.25, 0.3) is 0 Å². The number of carbonyl (C=O) groups excluding carboxylic acids is 1. The monoisotopic (exact) mass is 224 g/mol. The Kier molecular flexibility index (Phi) is 6.08. The predicted octanol–water partition coefficient (Wildman–Crippen LogP) is 4.60. The van der Waals surface area contributed by atoms with E-state index in [2.05, 4.69) is 20.8 Å². The second kappa shape index (κ2) is 7.09. The van der Waals surface area contributed by atoms with E-state index in [1.165, 1.54) is 25.7 Å². The van der Waals surface area contributed by atoms with Gasteiger partial charge in [0.2, 0.25) is 0 Å². The first-order valence-corrected chi connectivity index (χ1v) is 7.22. The van der Waals surface area contributed by atoms with E-state index in [9.17, 15) is 4.79 Å². The molecule has 0 aromatic rings. The summed E-state index contributed by atoms with van der Waals surface area (Å²) in [6, 6.07) is 0. The van der Waals surface area contributed by atoms with Gasteiger partial charge in [0.05, 0.1) is 0 Å². The molecular weight excluding hydrogens is 196 g/mol. The second-order valence-electron chi connectivity index (χ2n) is 5.60. The minimum Gasteiger partial charge on any atom is -0.299 e. The van der Waals surface area contributed by atoms with Crippen LogP contribution in [0.15, 0.2) is 0 Å². The summed E-state index contributed by atoms with van der Waals surface area (Å²) in [7, 11) is 0. The highest BCUT2D eigenvalue weighted by Gasteiger charge is 2.28. The van der Waals surface area contributed by atoms with Gasteiger partial charge in [-0.2, -0.15) is 0 Å². The van der Waals surface area contributed by atoms with Crippen LogP contribution in [-0.2, 0) is 4.79 Å². The zero-order valence-corrected chi connectivity index (χ0v) is 11.3. The van der Waals surface area contributed by atoms with Gasteiger partial charge in [-0.1, -0.05) is 40.0 Å². The Bertz CT molecular complexity index is 201. The Morgan fingerprint density at radius 2 is 1.75 bits per heavy atom. The summed E-state index contributed by atoms with van der Waals surface area (Å²) in [6.07, 6.45) is 9.80. The quantitative estimate of drug-likeness (QED) is 0.644. The molecule has 0 bridgehead atoms. The first-order chi connectivity index (χ1) is 7.69. The molecule has 1 rings (SSSR count). The summed E-state index contributed by atoms with van der Waals surface area (Å²) >= 11 is 0. The van der Waals surface area contributed by atoms with E-state index in [-0.39, 0.29) is 0 Å². The molecule has 0 aromatic heterocycles. The number of hydrogen-bond donors (Lipinski definition) is 0. The molecular formula is C15H28O. The molecule has 1 heteroatoms. The van der Waals surface area contributed by atoms with E-state index >= 15 is 0 Å². The molecule has 1 unspecified atom stereocenters. The van der Waals surface area contributed by atoms with Gasteiger partial charge in [0.25, 0.3) is 0 Å². The molecule has 0 heterocycles. The van der Waals surface area contributed by atoms with E-state index in [1.54, 1.807) is 0 Å². The fourth-order valence-electron chi connectivity index (χ4n) is 3.12. The molecule has 16 heavy (non-hydrogen) atoms. The molecule has 1 aliphatic rings. The summed E-state index contributed by atoms with van der Waals surface area (Å²) in [5.74, 6) is 2.17. The summed E-state index contributed by atoms with van der Waals surface area (Å²) in [5, 5.41) is 0. The molecule has 0 aliphatic heterocycles. The van der Waals surface area contributed by atoms with Crippen molar-refractivity contribution in [1.82, 2.24) is 0 Å². The average Bonchev–Trinajstić information content (AvgIpc) is 2.30. The molecule has 0 saturated heterocycles. The molecule has 0 radical (unpaired) electrons. The second-order valence-corrected chi connectivity index (χ2v) is 5.60. The Hall–Kier alpha value is -0.330. The standard InChI is InChI=1S/C15H28O/c1-4-6-12(3)15(16)14-10-8-13(7-5-2)9-11-14/h12-14H,4-11H2,1-3H3. The van der Waals surface area contributed by atoms with Gasteiger partial charge in [-0.15, -0.1) is 0 Å². The highest BCUT2D eigenvalue weighted by atomic mass is 16.1. The zero-order chi connectivity index (χ0) is 12.0. The third-order valence-electron chi connectivity index (χ3n) is 4.15. The van der Waals surface area contributed by atoms with Crippen LogP contribution < -0.4 is 0 Å². The van der Waals surface area contributed by atoms with Crippen molar-refractivity contribution in [3.8, 4) is 0 Å². The first kappa shape index (κ1) is 13.7. The lowest BCUT2D eigenvalue weighted by molar-refractivity contribution is -0.127. The van der Waals surface area contributed by atoms with Gasteiger partial charge in [-0.05, 0) is 38.0 Å². The van der Waals surface area contributed by atoms with Crippen molar-refractivity contribution in [2.75, 3.05) is 0 Å². The van der Waals surface area contributed by atoms with Gasteiger partial charge in [-0.25, -0.2) is 0 Å². The van der Waals surface area contributed by atoms with Gasteiger partial charge >= 0.3 is 0 Å². The van der Waals surface area contributed by atoms with Crippen LogP contribution in [0.5, 0.6) is 0 Å². The van der Waals surface area contributed by atoms with Crippen LogP contribution in [0, 0.1) is 17.8 Å². The lowest BCUT2D eigenvalue weighted by Crippen LogP contribution is -2.26. The smallest absolute Gasteiger partial charge is 0.138 e. The van der Waals surface area contributed by atoms with Crippen LogP contribution >= 0.6 is 0 Å². The van der Waals surface area contributed by atoms with Crippen LogP contribution in [-0.4, -0.2) is 5.78 Å². The van der Waals surface area contributed by atoms with Gasteiger partial charge in [-0.3, -0.25) is 4.79 Å². The lowest BCUT2D eigenvalue weighted by atomic mass is 9.76. The van der Waals surface area contributed by atoms with Crippen molar-refractivity contribution >= 4 is 5.78 Å². The summed E-state index contributed by atoms with van der Waals surface area (Å²) in [6.45, 7) is 6.55. The first-order valence-electron chi connectivity index (χ1n) is 7.22.